The number of rotatable bonds is 10. The number of hydrogen-bond donors (Lipinski definition) is 0. The molecule has 48 heavy (non-hydrogen) atoms. The fourth-order valence-corrected chi connectivity index (χ4v) is 6.60. The molecule has 0 N–H and O–H groups in total. The van der Waals surface area contributed by atoms with Gasteiger partial charge >= 0.3 is 5.16 Å². The molecule has 5 aromatic rings. The number of methoxy groups -OCH3 is 2. The van der Waals surface area contributed by atoms with E-state index in [2.05, 4.69) is 14.9 Å². The Kier molecular flexibility index (Phi) is 9.98. The molecule has 4 heterocycles. The highest BCUT2D eigenvalue weighted by Gasteiger charge is 2.35. The van der Waals surface area contributed by atoms with Gasteiger partial charge in [-0.2, -0.15) is 15.0 Å². The summed E-state index contributed by atoms with van der Waals surface area (Å²) >= 11 is 11.2. The second-order valence-corrected chi connectivity index (χ2v) is 13.5. The summed E-state index contributed by atoms with van der Waals surface area (Å²) in [4.78, 5) is 22.2. The fourth-order valence-electron chi connectivity index (χ4n) is 5.83. The van der Waals surface area contributed by atoms with E-state index in [-0.39, 0.29) is 34.6 Å². The molecule has 14 heteroatoms. The summed E-state index contributed by atoms with van der Waals surface area (Å²) < 4.78 is 45.0. The second-order valence-electron chi connectivity index (χ2n) is 11.4. The minimum Gasteiger partial charge on any atom is -0.609 e. The van der Waals surface area contributed by atoms with Crippen molar-refractivity contribution < 1.29 is 23.2 Å². The number of hydrogen-bond acceptors (Lipinski definition) is 10. The Hall–Kier alpha value is -4.10. The highest BCUT2D eigenvalue weighted by atomic mass is 35.5. The van der Waals surface area contributed by atoms with Gasteiger partial charge in [0, 0.05) is 36.0 Å². The highest BCUT2D eigenvalue weighted by Crippen LogP contribution is 2.43. The van der Waals surface area contributed by atoms with Crippen LogP contribution in [0.15, 0.2) is 66.0 Å². The molecule has 250 valence electrons. The topological polar surface area (TPSA) is 109 Å². The lowest BCUT2D eigenvalue weighted by molar-refractivity contribution is 0.281. The van der Waals surface area contributed by atoms with Crippen LogP contribution in [0.5, 0.6) is 17.4 Å². The third-order valence-corrected chi connectivity index (χ3v) is 9.36. The molecule has 1 aliphatic rings. The van der Waals surface area contributed by atoms with Gasteiger partial charge in [-0.25, -0.2) is 9.37 Å². The van der Waals surface area contributed by atoms with E-state index in [1.54, 1.807) is 20.4 Å². The van der Waals surface area contributed by atoms with Crippen molar-refractivity contribution in [1.29, 1.82) is 0 Å². The summed E-state index contributed by atoms with van der Waals surface area (Å²) in [6, 6.07) is 16.9. The average molecular weight is 712 g/mol. The number of benzene rings is 2. The van der Waals surface area contributed by atoms with Crippen molar-refractivity contribution in [1.82, 2.24) is 19.9 Å². The molecule has 1 unspecified atom stereocenters. The fraction of sp³-hybridized carbons (Fsp3) is 0.294. The smallest absolute Gasteiger partial charge is 0.345 e. The molecule has 0 aliphatic carbocycles. The Bertz CT molecular complexity index is 1890. The quantitative estimate of drug-likeness (QED) is 0.0840. The lowest BCUT2D eigenvalue weighted by atomic mass is 10.0. The number of nitrogens with zero attached hydrogens (tertiary/aromatic N) is 6. The van der Waals surface area contributed by atoms with E-state index in [1.807, 2.05) is 73.3 Å². The lowest BCUT2D eigenvalue weighted by Crippen LogP contribution is -2.40. The zero-order valence-electron chi connectivity index (χ0n) is 26.9. The van der Waals surface area contributed by atoms with Gasteiger partial charge < -0.3 is 28.6 Å². The van der Waals surface area contributed by atoms with Crippen LogP contribution >= 0.6 is 23.2 Å². The van der Waals surface area contributed by atoms with Gasteiger partial charge in [-0.1, -0.05) is 47.5 Å². The predicted octanol–water partition coefficient (Wildman–Crippen LogP) is 7.18. The maximum atomic E-state index is 15.5. The molecular weight excluding hydrogens is 678 g/mol. The van der Waals surface area contributed by atoms with Crippen molar-refractivity contribution in [2.45, 2.75) is 44.2 Å². The predicted molar refractivity (Wildman–Crippen MR) is 186 cm³/mol. The number of ether oxygens (including phenoxy) is 3. The second kappa shape index (κ2) is 14.2. The normalized spacial score (nSPS) is 15.4. The maximum absolute atomic E-state index is 15.5. The van der Waals surface area contributed by atoms with Crippen molar-refractivity contribution in [3.63, 3.8) is 0 Å². The van der Waals surface area contributed by atoms with Gasteiger partial charge in [-0.05, 0) is 55.3 Å². The summed E-state index contributed by atoms with van der Waals surface area (Å²) in [5, 5.41) is 0.252. The summed E-state index contributed by atoms with van der Waals surface area (Å²) in [6.07, 6.45) is 3.06. The SMILES string of the molecule is COc1ccc(CN(Cc2ccc(OC)cc2)c2ncc(Cl)cc2[C@@H](C)N2c3nc([S+](C)[O-])nc4c(F)c(Cl)nc(c34)OC[C@@H]2C)cc1. The Morgan fingerprint density at radius 3 is 2.19 bits per heavy atom. The van der Waals surface area contributed by atoms with Crippen LogP contribution in [-0.4, -0.2) is 57.6 Å². The van der Waals surface area contributed by atoms with Gasteiger partial charge in [-0.15, -0.1) is 0 Å². The van der Waals surface area contributed by atoms with Gasteiger partial charge in [0.25, 0.3) is 0 Å². The Morgan fingerprint density at radius 2 is 1.62 bits per heavy atom. The van der Waals surface area contributed by atoms with E-state index in [1.165, 1.54) is 6.26 Å². The van der Waals surface area contributed by atoms with E-state index in [9.17, 15) is 4.55 Å². The zero-order chi connectivity index (χ0) is 34.1. The van der Waals surface area contributed by atoms with Crippen LogP contribution < -0.4 is 24.0 Å². The summed E-state index contributed by atoms with van der Waals surface area (Å²) in [5.41, 5.74) is 2.75. The molecule has 0 radical (unpaired) electrons. The van der Waals surface area contributed by atoms with Crippen molar-refractivity contribution in [2.24, 2.45) is 0 Å². The molecular formula is C34H33Cl2FN6O4S. The number of anilines is 2. The largest absolute Gasteiger partial charge is 0.609 e. The molecule has 2 aromatic carbocycles. The van der Waals surface area contributed by atoms with Crippen LogP contribution in [0.3, 0.4) is 0 Å². The van der Waals surface area contributed by atoms with Gasteiger partial charge in [0.05, 0.1) is 31.3 Å². The van der Waals surface area contributed by atoms with E-state index in [0.717, 1.165) is 28.2 Å². The molecule has 6 rings (SSSR count). The van der Waals surface area contributed by atoms with Crippen LogP contribution in [0, 0.1) is 5.82 Å². The monoisotopic (exact) mass is 710 g/mol. The first-order valence-corrected chi connectivity index (χ1v) is 17.4. The summed E-state index contributed by atoms with van der Waals surface area (Å²) in [5.74, 6) is 1.78. The van der Waals surface area contributed by atoms with Crippen molar-refractivity contribution >= 4 is 56.9 Å². The molecule has 3 aromatic heterocycles. The van der Waals surface area contributed by atoms with E-state index >= 15 is 4.39 Å². The highest BCUT2D eigenvalue weighted by molar-refractivity contribution is 7.90. The van der Waals surface area contributed by atoms with Gasteiger partial charge in [0.15, 0.2) is 16.8 Å². The minimum atomic E-state index is -1.63. The lowest BCUT2D eigenvalue weighted by Gasteiger charge is -2.37. The standard InChI is InChI=1S/C34H33Cl2FN6O4S/c1-19-18-47-33-27-29(28(37)30(36)40-33)39-34(48(5)44)41-32(27)43(19)20(2)26-14-23(35)15-38-31(26)42(16-21-6-10-24(45-3)11-7-21)17-22-8-12-25(46-4)13-9-22/h6-15,19-20H,16-18H2,1-5H3/t19-,20+,48?/m0/s1. The third kappa shape index (κ3) is 6.75. The van der Waals surface area contributed by atoms with Crippen LogP contribution in [0.2, 0.25) is 10.2 Å². The first kappa shape index (κ1) is 33.8. The first-order valence-electron chi connectivity index (χ1n) is 15.1. The van der Waals surface area contributed by atoms with Crippen molar-refractivity contribution in [3.05, 3.63) is 93.5 Å². The van der Waals surface area contributed by atoms with Crippen LogP contribution in [0.1, 0.15) is 36.6 Å². The van der Waals surface area contributed by atoms with Gasteiger partial charge in [0.1, 0.15) is 41.1 Å². The van der Waals surface area contributed by atoms with Crippen LogP contribution in [0.25, 0.3) is 10.9 Å². The zero-order valence-corrected chi connectivity index (χ0v) is 29.2. The van der Waals surface area contributed by atoms with E-state index in [0.29, 0.717) is 29.7 Å². The minimum absolute atomic E-state index is 0.0407. The third-order valence-electron chi connectivity index (χ3n) is 8.20. The van der Waals surface area contributed by atoms with Crippen LogP contribution in [-0.2, 0) is 24.3 Å². The molecule has 10 nitrogen and oxygen atoms in total. The molecule has 0 fully saturated rings. The molecule has 0 saturated carbocycles. The number of aromatic nitrogens is 4. The van der Waals surface area contributed by atoms with E-state index in [4.69, 9.17) is 47.4 Å². The van der Waals surface area contributed by atoms with E-state index < -0.39 is 28.2 Å². The Morgan fingerprint density at radius 1 is 1.02 bits per heavy atom. The maximum Gasteiger partial charge on any atom is 0.345 e. The van der Waals surface area contributed by atoms with Crippen LogP contribution in [0.4, 0.5) is 16.0 Å². The van der Waals surface area contributed by atoms with Crippen molar-refractivity contribution in [3.8, 4) is 17.4 Å². The van der Waals surface area contributed by atoms with Gasteiger partial charge in [-0.3, -0.25) is 0 Å². The Balaban J connectivity index is 1.50. The molecule has 1 aliphatic heterocycles. The van der Waals surface area contributed by atoms with Gasteiger partial charge in [0.2, 0.25) is 5.88 Å². The summed E-state index contributed by atoms with van der Waals surface area (Å²) in [6.45, 7) is 5.15. The van der Waals surface area contributed by atoms with Crippen molar-refractivity contribution in [2.75, 3.05) is 36.9 Å². The Labute approximate surface area is 291 Å². The molecule has 0 amide bonds. The number of pyridine rings is 2. The molecule has 3 atom stereocenters. The summed E-state index contributed by atoms with van der Waals surface area (Å²) in [7, 11) is 3.27. The molecule has 0 bridgehead atoms. The number of halogens is 3. The molecule has 0 saturated heterocycles. The molecule has 0 spiro atoms. The average Bonchev–Trinajstić information content (AvgIpc) is 3.22. The first-order chi connectivity index (χ1) is 23.1.